The Bertz CT molecular complexity index is 293. The molecule has 0 N–H and O–H groups in total. The van der Waals surface area contributed by atoms with Crippen molar-refractivity contribution in [1.82, 2.24) is 0 Å². The van der Waals surface area contributed by atoms with Gasteiger partial charge in [-0.2, -0.15) is 8.78 Å². The van der Waals surface area contributed by atoms with Crippen molar-refractivity contribution in [3.8, 4) is 5.75 Å². The predicted molar refractivity (Wildman–Crippen MR) is 59.2 cm³/mol. The Kier molecular flexibility index (Phi) is 6.61. The van der Waals surface area contributed by atoms with Crippen LogP contribution in [0, 0.1) is 6.92 Å². The van der Waals surface area contributed by atoms with Gasteiger partial charge in [0.1, 0.15) is 0 Å². The third-order valence-electron chi connectivity index (χ3n) is 1.35. The van der Waals surface area contributed by atoms with Gasteiger partial charge in [-0.1, -0.05) is 37.0 Å². The number of hydrogen-bond acceptors (Lipinski definition) is 1. The number of ether oxygens (including phenoxy) is 1. The number of halogens is 4. The van der Waals surface area contributed by atoms with E-state index in [1.54, 1.807) is 6.92 Å². The molecule has 15 heavy (non-hydrogen) atoms. The fraction of sp³-hybridized carbons (Fsp3) is 0.400. The van der Waals surface area contributed by atoms with Crippen molar-refractivity contribution in [2.24, 2.45) is 0 Å². The summed E-state index contributed by atoms with van der Waals surface area (Å²) >= 11 is 11.3. The number of benzene rings is 1. The van der Waals surface area contributed by atoms with Crippen LogP contribution in [-0.4, -0.2) is 6.61 Å². The topological polar surface area (TPSA) is 9.23 Å². The Morgan fingerprint density at radius 1 is 1.13 bits per heavy atom. The van der Waals surface area contributed by atoms with Crippen molar-refractivity contribution in [3.05, 3.63) is 27.7 Å². The summed E-state index contributed by atoms with van der Waals surface area (Å²) in [6.07, 6.45) is 0. The second-order valence-electron chi connectivity index (χ2n) is 2.44. The van der Waals surface area contributed by atoms with Crippen molar-refractivity contribution < 1.29 is 13.5 Å². The highest BCUT2D eigenvalue weighted by Gasteiger charge is 2.12. The SMILES string of the molecule is CC.Cc1cc(Cl)c(OC(F)F)c(Cl)c1. The molecule has 0 heterocycles. The zero-order valence-electron chi connectivity index (χ0n) is 8.65. The summed E-state index contributed by atoms with van der Waals surface area (Å²) in [5.41, 5.74) is 0.789. The Labute approximate surface area is 97.9 Å². The standard InChI is InChI=1S/C8H6Cl2F2O.C2H6/c1-4-2-5(9)7(6(10)3-4)13-8(11)12;1-2/h2-3,8H,1H3;1-2H3. The van der Waals surface area contributed by atoms with Gasteiger partial charge in [-0.15, -0.1) is 0 Å². The van der Waals surface area contributed by atoms with Gasteiger partial charge in [-0.05, 0) is 24.6 Å². The minimum absolute atomic E-state index is 0.0882. The molecular weight excluding hydrogens is 245 g/mol. The molecule has 0 unspecified atom stereocenters. The average Bonchev–Trinajstić information content (AvgIpc) is 2.14. The molecular formula is C10H12Cl2F2O. The van der Waals surface area contributed by atoms with Crippen LogP contribution >= 0.6 is 23.2 Å². The predicted octanol–water partition coefficient (Wildman–Crippen LogP) is 4.93. The first-order valence-corrected chi connectivity index (χ1v) is 5.16. The van der Waals surface area contributed by atoms with Crippen LogP contribution in [0.2, 0.25) is 10.0 Å². The molecule has 0 radical (unpaired) electrons. The van der Waals surface area contributed by atoms with E-state index < -0.39 is 6.61 Å². The smallest absolute Gasteiger partial charge is 0.387 e. The lowest BCUT2D eigenvalue weighted by Crippen LogP contribution is -2.03. The highest BCUT2D eigenvalue weighted by Crippen LogP contribution is 2.34. The lowest BCUT2D eigenvalue weighted by atomic mass is 10.2. The molecule has 0 spiro atoms. The van der Waals surface area contributed by atoms with E-state index >= 15 is 0 Å². The molecule has 86 valence electrons. The lowest BCUT2D eigenvalue weighted by molar-refractivity contribution is -0.0497. The zero-order valence-corrected chi connectivity index (χ0v) is 10.2. The monoisotopic (exact) mass is 256 g/mol. The summed E-state index contributed by atoms with van der Waals surface area (Å²) in [4.78, 5) is 0. The van der Waals surface area contributed by atoms with Gasteiger partial charge in [0.25, 0.3) is 0 Å². The van der Waals surface area contributed by atoms with E-state index in [9.17, 15) is 8.78 Å². The first-order valence-electron chi connectivity index (χ1n) is 4.41. The molecule has 0 bridgehead atoms. The van der Waals surface area contributed by atoms with E-state index in [2.05, 4.69) is 4.74 Å². The van der Waals surface area contributed by atoms with Gasteiger partial charge >= 0.3 is 6.61 Å². The summed E-state index contributed by atoms with van der Waals surface area (Å²) in [5.74, 6) is -0.177. The molecule has 0 atom stereocenters. The van der Waals surface area contributed by atoms with Crippen molar-refractivity contribution >= 4 is 23.2 Å². The van der Waals surface area contributed by atoms with Gasteiger partial charge in [-0.25, -0.2) is 0 Å². The summed E-state index contributed by atoms with van der Waals surface area (Å²) in [6.45, 7) is 2.84. The van der Waals surface area contributed by atoms with Gasteiger partial charge in [0.05, 0.1) is 10.0 Å². The lowest BCUT2D eigenvalue weighted by Gasteiger charge is -2.08. The number of alkyl halides is 2. The molecule has 1 nitrogen and oxygen atoms in total. The van der Waals surface area contributed by atoms with Crippen LogP contribution in [0.25, 0.3) is 0 Å². The average molecular weight is 257 g/mol. The van der Waals surface area contributed by atoms with E-state index in [0.717, 1.165) is 5.56 Å². The van der Waals surface area contributed by atoms with Crippen molar-refractivity contribution in [3.63, 3.8) is 0 Å². The number of aryl methyl sites for hydroxylation is 1. The van der Waals surface area contributed by atoms with Gasteiger partial charge in [0.2, 0.25) is 0 Å². The molecule has 0 aromatic heterocycles. The molecule has 0 saturated heterocycles. The first kappa shape index (κ1) is 14.5. The zero-order chi connectivity index (χ0) is 12.0. The Hall–Kier alpha value is -0.540. The second kappa shape index (κ2) is 6.85. The Morgan fingerprint density at radius 3 is 1.87 bits per heavy atom. The first-order chi connectivity index (χ1) is 7.00. The van der Waals surface area contributed by atoms with Crippen LogP contribution < -0.4 is 4.74 Å². The van der Waals surface area contributed by atoms with Crippen LogP contribution in [0.5, 0.6) is 5.75 Å². The Morgan fingerprint density at radius 2 is 1.53 bits per heavy atom. The highest BCUT2D eigenvalue weighted by atomic mass is 35.5. The quantitative estimate of drug-likeness (QED) is 0.729. The van der Waals surface area contributed by atoms with Crippen molar-refractivity contribution in [2.75, 3.05) is 0 Å². The van der Waals surface area contributed by atoms with E-state index in [0.29, 0.717) is 0 Å². The minimum Gasteiger partial charge on any atom is -0.432 e. The third kappa shape index (κ3) is 4.67. The molecule has 0 amide bonds. The molecule has 0 aliphatic heterocycles. The maximum absolute atomic E-state index is 11.8. The summed E-state index contributed by atoms with van der Waals surface area (Å²) in [5, 5.41) is 0.176. The van der Waals surface area contributed by atoms with E-state index in [1.807, 2.05) is 13.8 Å². The molecule has 0 saturated carbocycles. The number of hydrogen-bond donors (Lipinski definition) is 0. The molecule has 1 aromatic carbocycles. The maximum atomic E-state index is 11.8. The van der Waals surface area contributed by atoms with Crippen LogP contribution in [-0.2, 0) is 0 Å². The largest absolute Gasteiger partial charge is 0.432 e. The molecule has 5 heteroatoms. The molecule has 0 aliphatic rings. The van der Waals surface area contributed by atoms with Crippen LogP contribution in [0.15, 0.2) is 12.1 Å². The molecule has 0 fully saturated rings. The van der Waals surface area contributed by atoms with Gasteiger partial charge in [0, 0.05) is 0 Å². The second-order valence-corrected chi connectivity index (χ2v) is 3.25. The molecule has 1 rings (SSSR count). The summed E-state index contributed by atoms with van der Waals surface area (Å²) in [6, 6.07) is 3.01. The highest BCUT2D eigenvalue weighted by molar-refractivity contribution is 6.37. The normalized spacial score (nSPS) is 9.60. The van der Waals surface area contributed by atoms with Gasteiger partial charge in [0.15, 0.2) is 5.75 Å². The van der Waals surface area contributed by atoms with Gasteiger partial charge in [-0.3, -0.25) is 0 Å². The Balaban J connectivity index is 0.000000921. The maximum Gasteiger partial charge on any atom is 0.387 e. The molecule has 0 aliphatic carbocycles. The third-order valence-corrected chi connectivity index (χ3v) is 1.91. The van der Waals surface area contributed by atoms with Crippen molar-refractivity contribution in [2.45, 2.75) is 27.4 Å². The summed E-state index contributed by atoms with van der Waals surface area (Å²) in [7, 11) is 0. The van der Waals surface area contributed by atoms with Crippen molar-refractivity contribution in [1.29, 1.82) is 0 Å². The van der Waals surface area contributed by atoms with Gasteiger partial charge < -0.3 is 4.74 Å². The number of rotatable bonds is 2. The van der Waals surface area contributed by atoms with E-state index in [-0.39, 0.29) is 15.8 Å². The molecule has 1 aromatic rings. The fourth-order valence-corrected chi connectivity index (χ4v) is 1.57. The van der Waals surface area contributed by atoms with E-state index in [1.165, 1.54) is 12.1 Å². The van der Waals surface area contributed by atoms with Crippen LogP contribution in [0.3, 0.4) is 0 Å². The van der Waals surface area contributed by atoms with Crippen LogP contribution in [0.4, 0.5) is 8.78 Å². The minimum atomic E-state index is -2.92. The fourth-order valence-electron chi connectivity index (χ4n) is 0.888. The summed E-state index contributed by atoms with van der Waals surface area (Å²) < 4.78 is 27.8. The van der Waals surface area contributed by atoms with Crippen LogP contribution in [0.1, 0.15) is 19.4 Å². The van der Waals surface area contributed by atoms with E-state index in [4.69, 9.17) is 23.2 Å².